The van der Waals surface area contributed by atoms with Gasteiger partial charge in [0.25, 0.3) is 0 Å². The molecule has 3 aliphatic rings. The zero-order chi connectivity index (χ0) is 24.6. The minimum absolute atomic E-state index is 0.239. The summed E-state index contributed by atoms with van der Waals surface area (Å²) in [5.74, 6) is -4.87. The minimum atomic E-state index is -1.94. The second-order valence-corrected chi connectivity index (χ2v) is 9.78. The molecule has 0 aromatic heterocycles. The van der Waals surface area contributed by atoms with Crippen LogP contribution in [0.1, 0.15) is 43.4 Å². The lowest BCUT2D eigenvalue weighted by atomic mass is 9.76. The zero-order valence-electron chi connectivity index (χ0n) is 18.9. The summed E-state index contributed by atoms with van der Waals surface area (Å²) in [6, 6.07) is 18.5. The molecule has 6 nitrogen and oxygen atoms in total. The third-order valence-corrected chi connectivity index (χ3v) is 7.91. The van der Waals surface area contributed by atoms with Crippen molar-refractivity contribution in [3.63, 3.8) is 0 Å². The number of ether oxygens (including phenoxy) is 1. The summed E-state index contributed by atoms with van der Waals surface area (Å²) in [7, 11) is 0. The number of hydrogen-bond donors (Lipinski definition) is 0. The van der Waals surface area contributed by atoms with Gasteiger partial charge in [-0.2, -0.15) is 0 Å². The molecule has 2 saturated heterocycles. The van der Waals surface area contributed by atoms with E-state index in [0.29, 0.717) is 16.3 Å². The van der Waals surface area contributed by atoms with Crippen molar-refractivity contribution in [1.82, 2.24) is 0 Å². The highest BCUT2D eigenvalue weighted by Gasteiger charge is 2.76. The number of carbonyl (C=O) groups is 4. The van der Waals surface area contributed by atoms with E-state index in [1.807, 2.05) is 38.1 Å². The summed E-state index contributed by atoms with van der Waals surface area (Å²) in [5, 5.41) is 0.525. The molecule has 1 aliphatic carbocycles. The first-order valence-electron chi connectivity index (χ1n) is 11.3. The van der Waals surface area contributed by atoms with Crippen molar-refractivity contribution in [2.75, 3.05) is 4.90 Å². The summed E-state index contributed by atoms with van der Waals surface area (Å²) in [6.45, 7) is 3.76. The van der Waals surface area contributed by atoms with Crippen molar-refractivity contribution in [1.29, 1.82) is 0 Å². The molecule has 7 heteroatoms. The smallest absolute Gasteiger partial charge is 0.320 e. The highest BCUT2D eigenvalue weighted by Crippen LogP contribution is 2.60. The molecule has 35 heavy (non-hydrogen) atoms. The fraction of sp³-hybridized carbons (Fsp3) is 0.214. The predicted molar refractivity (Wildman–Crippen MR) is 129 cm³/mol. The molecule has 2 fully saturated rings. The van der Waals surface area contributed by atoms with Crippen LogP contribution >= 0.6 is 11.6 Å². The monoisotopic (exact) mass is 485 g/mol. The number of cyclic esters (lactones) is 2. The van der Waals surface area contributed by atoms with Crippen LogP contribution in [0.5, 0.6) is 0 Å². The van der Waals surface area contributed by atoms with E-state index in [0.717, 1.165) is 11.1 Å². The third kappa shape index (κ3) is 2.71. The van der Waals surface area contributed by atoms with Gasteiger partial charge in [0.1, 0.15) is 5.92 Å². The van der Waals surface area contributed by atoms with Crippen LogP contribution in [-0.2, 0) is 14.3 Å². The molecule has 0 amide bonds. The summed E-state index contributed by atoms with van der Waals surface area (Å²) in [4.78, 5) is 56.4. The van der Waals surface area contributed by atoms with Gasteiger partial charge in [-0.15, -0.1) is 0 Å². The maximum Gasteiger partial charge on any atom is 0.320 e. The number of rotatable bonds is 2. The van der Waals surface area contributed by atoms with Gasteiger partial charge < -0.3 is 9.64 Å². The van der Waals surface area contributed by atoms with E-state index >= 15 is 0 Å². The Kier molecular flexibility index (Phi) is 4.57. The normalized spacial score (nSPS) is 24.2. The fourth-order valence-corrected chi connectivity index (χ4v) is 6.06. The van der Waals surface area contributed by atoms with Crippen LogP contribution in [-0.4, -0.2) is 29.0 Å². The molecule has 0 radical (unpaired) electrons. The maximum absolute atomic E-state index is 14.2. The molecule has 0 bridgehead atoms. The number of ketones is 2. The molecular formula is C28H20ClNO5. The Labute approximate surface area is 206 Å². The summed E-state index contributed by atoms with van der Waals surface area (Å²) < 4.78 is 5.08. The van der Waals surface area contributed by atoms with E-state index in [1.165, 1.54) is 0 Å². The van der Waals surface area contributed by atoms with Crippen molar-refractivity contribution in [3.8, 4) is 0 Å². The second kappa shape index (κ2) is 7.36. The van der Waals surface area contributed by atoms with E-state index in [9.17, 15) is 19.2 Å². The molecule has 0 unspecified atom stereocenters. The van der Waals surface area contributed by atoms with Crippen LogP contribution in [0.3, 0.4) is 0 Å². The molecule has 0 N–H and O–H groups in total. The average Bonchev–Trinajstić information content (AvgIpc) is 3.40. The van der Waals surface area contributed by atoms with E-state index in [2.05, 4.69) is 0 Å². The van der Waals surface area contributed by atoms with Gasteiger partial charge in [0.2, 0.25) is 0 Å². The summed E-state index contributed by atoms with van der Waals surface area (Å²) in [5.41, 5.74) is 1.53. The number of aryl methyl sites for hydroxylation is 2. The minimum Gasteiger partial charge on any atom is -0.393 e. The molecule has 6 rings (SSSR count). The second-order valence-electron chi connectivity index (χ2n) is 9.37. The Morgan fingerprint density at radius 1 is 0.829 bits per heavy atom. The zero-order valence-corrected chi connectivity index (χ0v) is 19.7. The van der Waals surface area contributed by atoms with Crippen LogP contribution in [0, 0.1) is 25.7 Å². The van der Waals surface area contributed by atoms with Gasteiger partial charge in [-0.05, 0) is 43.2 Å². The molecule has 1 spiro atoms. The average molecular weight is 486 g/mol. The molecule has 2 heterocycles. The van der Waals surface area contributed by atoms with Gasteiger partial charge in [-0.3, -0.25) is 19.2 Å². The number of benzene rings is 3. The van der Waals surface area contributed by atoms with Crippen molar-refractivity contribution >= 4 is 40.8 Å². The highest BCUT2D eigenvalue weighted by atomic mass is 35.5. The number of halogens is 1. The molecular weight excluding hydrogens is 466 g/mol. The lowest BCUT2D eigenvalue weighted by Crippen LogP contribution is -2.59. The van der Waals surface area contributed by atoms with Gasteiger partial charge in [0, 0.05) is 21.8 Å². The summed E-state index contributed by atoms with van der Waals surface area (Å²) in [6.07, 6.45) is 0. The predicted octanol–water partition coefficient (Wildman–Crippen LogP) is 4.65. The lowest BCUT2D eigenvalue weighted by Gasteiger charge is -2.40. The number of hydrogen-bond acceptors (Lipinski definition) is 6. The van der Waals surface area contributed by atoms with Crippen molar-refractivity contribution < 1.29 is 23.9 Å². The first-order valence-corrected chi connectivity index (χ1v) is 11.7. The van der Waals surface area contributed by atoms with E-state index in [4.69, 9.17) is 16.3 Å². The van der Waals surface area contributed by atoms with Crippen LogP contribution in [0.4, 0.5) is 5.69 Å². The Morgan fingerprint density at radius 2 is 1.46 bits per heavy atom. The first kappa shape index (κ1) is 21.7. The van der Waals surface area contributed by atoms with Gasteiger partial charge in [0.05, 0.1) is 12.0 Å². The Bertz CT molecular complexity index is 1430. The van der Waals surface area contributed by atoms with Crippen LogP contribution in [0.2, 0.25) is 5.02 Å². The van der Waals surface area contributed by atoms with Crippen molar-refractivity contribution in [2.24, 2.45) is 11.8 Å². The largest absolute Gasteiger partial charge is 0.393 e. The molecule has 3 aromatic rings. The van der Waals surface area contributed by atoms with E-state index < -0.39 is 46.9 Å². The Balaban J connectivity index is 1.69. The lowest BCUT2D eigenvalue weighted by molar-refractivity contribution is -0.154. The number of anilines is 1. The number of nitrogens with zero attached hydrogens (tertiary/aromatic N) is 1. The Hall–Kier alpha value is -3.77. The third-order valence-electron chi connectivity index (χ3n) is 7.48. The molecule has 174 valence electrons. The molecule has 2 aliphatic heterocycles. The molecule has 3 aromatic carbocycles. The number of carbonyl (C=O) groups excluding carboxylic acids is 4. The van der Waals surface area contributed by atoms with Crippen LogP contribution in [0.25, 0.3) is 0 Å². The van der Waals surface area contributed by atoms with Crippen molar-refractivity contribution in [3.05, 3.63) is 99.6 Å². The number of fused-ring (bicyclic) bond motifs is 3. The summed E-state index contributed by atoms with van der Waals surface area (Å²) >= 11 is 6.30. The van der Waals surface area contributed by atoms with Crippen molar-refractivity contribution in [2.45, 2.75) is 25.4 Å². The standard InChI is InChI=1S/C28H20ClNO5/c1-14-7-9-16(10-8-14)23-21-22(27(34)35-26(21)33)28(30(23)17-11-12-20(29)15(2)13-17)24(31)18-5-3-4-6-19(18)25(28)32/h3-13,21-23H,1-2H3/t21-,22-,23+/m1/s1. The van der Waals surface area contributed by atoms with E-state index in [1.54, 1.807) is 47.4 Å². The van der Waals surface area contributed by atoms with Gasteiger partial charge in [-0.1, -0.05) is 65.7 Å². The number of Topliss-reactive ketones (excluding diaryl/α,β-unsaturated/α-hetero) is 2. The van der Waals surface area contributed by atoms with Crippen LogP contribution in [0.15, 0.2) is 66.7 Å². The van der Waals surface area contributed by atoms with E-state index in [-0.39, 0.29) is 11.1 Å². The van der Waals surface area contributed by atoms with Gasteiger partial charge in [0.15, 0.2) is 17.1 Å². The SMILES string of the molecule is Cc1ccc([C@H]2[C@@H]3C(=O)OC(=O)[C@@H]3C3(C(=O)c4ccccc4C3=O)N2c2ccc(Cl)c(C)c2)cc1. The topological polar surface area (TPSA) is 80.8 Å². The number of esters is 2. The fourth-order valence-electron chi connectivity index (χ4n) is 5.94. The van der Waals surface area contributed by atoms with Gasteiger partial charge >= 0.3 is 11.9 Å². The van der Waals surface area contributed by atoms with Gasteiger partial charge in [-0.25, -0.2) is 0 Å². The maximum atomic E-state index is 14.2. The molecule has 3 atom stereocenters. The molecule has 0 saturated carbocycles. The highest BCUT2D eigenvalue weighted by molar-refractivity contribution is 6.37. The van der Waals surface area contributed by atoms with Crippen LogP contribution < -0.4 is 4.90 Å². The Morgan fingerprint density at radius 3 is 2.06 bits per heavy atom. The first-order chi connectivity index (χ1) is 16.8. The quantitative estimate of drug-likeness (QED) is 0.388.